The molecule has 0 spiro atoms. The largest absolute Gasteiger partial charge is 0.373 e. The number of carbonyl (C=O) groups is 1. The highest BCUT2D eigenvalue weighted by molar-refractivity contribution is 6.03. The highest BCUT2D eigenvalue weighted by atomic mass is 16.6. The Morgan fingerprint density at radius 2 is 2.33 bits per heavy atom. The van der Waals surface area contributed by atoms with Crippen molar-refractivity contribution in [1.29, 1.82) is 0 Å². The smallest absolute Gasteiger partial charge is 0.315 e. The summed E-state index contributed by atoms with van der Waals surface area (Å²) in [6.45, 7) is 0. The Morgan fingerprint density at radius 3 is 2.83 bits per heavy atom. The highest BCUT2D eigenvalue weighted by Crippen LogP contribution is 2.10. The molecule has 0 aromatic heterocycles. The van der Waals surface area contributed by atoms with Gasteiger partial charge >= 0.3 is 5.70 Å². The normalized spacial score (nSPS) is 22.2. The quantitative estimate of drug-likeness (QED) is 0.440. The van der Waals surface area contributed by atoms with Gasteiger partial charge in [-0.3, -0.25) is 14.9 Å². The lowest BCUT2D eigenvalue weighted by Gasteiger charge is -2.07. The lowest BCUT2D eigenvalue weighted by atomic mass is 10.1. The second kappa shape index (κ2) is 3.27. The van der Waals surface area contributed by atoms with E-state index in [1.165, 1.54) is 19.3 Å². The molecule has 0 aromatic rings. The van der Waals surface area contributed by atoms with E-state index in [9.17, 15) is 14.9 Å². The van der Waals surface area contributed by atoms with Crippen LogP contribution in [-0.4, -0.2) is 23.9 Å². The maximum absolute atomic E-state index is 10.8. The van der Waals surface area contributed by atoms with Gasteiger partial charge in [-0.2, -0.15) is 0 Å². The molecule has 64 valence electrons. The number of hydrogen-bond acceptors (Lipinski definition) is 4. The molecule has 0 aromatic carbocycles. The molecular formula is C7H7NO4. The van der Waals surface area contributed by atoms with Gasteiger partial charge in [0.2, 0.25) is 0 Å². The van der Waals surface area contributed by atoms with Crippen LogP contribution in [0.3, 0.4) is 0 Å². The van der Waals surface area contributed by atoms with E-state index in [4.69, 9.17) is 4.74 Å². The fourth-order valence-electron chi connectivity index (χ4n) is 0.858. The van der Waals surface area contributed by atoms with Gasteiger partial charge in [0.05, 0.1) is 4.92 Å². The molecule has 0 amide bonds. The van der Waals surface area contributed by atoms with Gasteiger partial charge in [-0.05, 0) is 12.2 Å². The molecule has 1 aliphatic rings. The Labute approximate surface area is 68.5 Å². The van der Waals surface area contributed by atoms with E-state index in [0.717, 1.165) is 6.08 Å². The van der Waals surface area contributed by atoms with Crippen molar-refractivity contribution in [1.82, 2.24) is 0 Å². The van der Waals surface area contributed by atoms with Crippen molar-refractivity contribution in [2.24, 2.45) is 0 Å². The van der Waals surface area contributed by atoms with Gasteiger partial charge in [-0.25, -0.2) is 0 Å². The number of rotatable bonds is 2. The minimum absolute atomic E-state index is 0.427. The lowest BCUT2D eigenvalue weighted by molar-refractivity contribution is -0.419. The second-order valence-corrected chi connectivity index (χ2v) is 2.23. The van der Waals surface area contributed by atoms with Gasteiger partial charge in [0, 0.05) is 13.2 Å². The molecule has 1 rings (SSSR count). The first-order valence-electron chi connectivity index (χ1n) is 3.26. The fourth-order valence-corrected chi connectivity index (χ4v) is 0.858. The highest BCUT2D eigenvalue weighted by Gasteiger charge is 2.24. The van der Waals surface area contributed by atoms with Gasteiger partial charge in [0.1, 0.15) is 6.10 Å². The van der Waals surface area contributed by atoms with Gasteiger partial charge in [0.25, 0.3) is 5.78 Å². The van der Waals surface area contributed by atoms with Gasteiger partial charge in [-0.1, -0.05) is 0 Å². The minimum atomic E-state index is -0.710. The summed E-state index contributed by atoms with van der Waals surface area (Å²) < 4.78 is 4.80. The van der Waals surface area contributed by atoms with E-state index in [1.807, 2.05) is 0 Å². The molecule has 0 saturated carbocycles. The fraction of sp³-hybridized carbons (Fsp3) is 0.286. The SMILES string of the molecule is COC1C=CC(=O)C([N+](=O)[O-])=C1. The summed E-state index contributed by atoms with van der Waals surface area (Å²) in [7, 11) is 1.42. The van der Waals surface area contributed by atoms with Gasteiger partial charge < -0.3 is 4.74 Å². The maximum atomic E-state index is 10.8. The molecule has 0 N–H and O–H groups in total. The number of nitro groups is 1. The third kappa shape index (κ3) is 1.57. The monoisotopic (exact) mass is 169 g/mol. The molecule has 1 aliphatic carbocycles. The number of hydrogen-bond donors (Lipinski definition) is 0. The zero-order valence-corrected chi connectivity index (χ0v) is 6.39. The topological polar surface area (TPSA) is 69.4 Å². The summed E-state index contributed by atoms with van der Waals surface area (Å²) in [4.78, 5) is 20.4. The first-order chi connectivity index (χ1) is 5.65. The molecule has 5 nitrogen and oxygen atoms in total. The van der Waals surface area contributed by atoms with Crippen LogP contribution in [0.2, 0.25) is 0 Å². The first-order valence-corrected chi connectivity index (χ1v) is 3.26. The van der Waals surface area contributed by atoms with Crippen LogP contribution in [0, 0.1) is 10.1 Å². The number of carbonyl (C=O) groups excluding carboxylic acids is 1. The third-order valence-electron chi connectivity index (χ3n) is 1.48. The number of allylic oxidation sites excluding steroid dienone is 1. The standard InChI is InChI=1S/C7H7NO4/c1-12-5-2-3-7(9)6(4-5)8(10)11/h2-5H,1H3. The maximum Gasteiger partial charge on any atom is 0.315 e. The van der Waals surface area contributed by atoms with E-state index in [-0.39, 0.29) is 0 Å². The average Bonchev–Trinajstić information content (AvgIpc) is 2.05. The number of nitrogens with zero attached hydrogens (tertiary/aromatic N) is 1. The summed E-state index contributed by atoms with van der Waals surface area (Å²) in [5.41, 5.74) is -0.427. The van der Waals surface area contributed by atoms with E-state index >= 15 is 0 Å². The minimum Gasteiger partial charge on any atom is -0.373 e. The van der Waals surface area contributed by atoms with Crippen molar-refractivity contribution in [3.63, 3.8) is 0 Å². The van der Waals surface area contributed by atoms with Crippen LogP contribution in [0.4, 0.5) is 0 Å². The van der Waals surface area contributed by atoms with Crippen LogP contribution in [0.1, 0.15) is 0 Å². The molecule has 12 heavy (non-hydrogen) atoms. The number of ketones is 1. The van der Waals surface area contributed by atoms with Crippen molar-refractivity contribution in [3.05, 3.63) is 34.0 Å². The van der Waals surface area contributed by atoms with Crippen LogP contribution in [-0.2, 0) is 9.53 Å². The van der Waals surface area contributed by atoms with Crippen molar-refractivity contribution in [2.75, 3.05) is 7.11 Å². The Balaban J connectivity index is 2.90. The molecule has 0 bridgehead atoms. The van der Waals surface area contributed by atoms with E-state index in [0.29, 0.717) is 0 Å². The van der Waals surface area contributed by atoms with Gasteiger partial charge in [0.15, 0.2) is 0 Å². The zero-order chi connectivity index (χ0) is 9.14. The molecule has 5 heteroatoms. The Kier molecular flexibility index (Phi) is 2.35. The van der Waals surface area contributed by atoms with Gasteiger partial charge in [-0.15, -0.1) is 0 Å². The molecule has 0 fully saturated rings. The molecule has 0 heterocycles. The summed E-state index contributed by atoms with van der Waals surface area (Å²) in [6, 6.07) is 0. The molecule has 0 saturated heterocycles. The van der Waals surface area contributed by atoms with Crippen LogP contribution >= 0.6 is 0 Å². The third-order valence-corrected chi connectivity index (χ3v) is 1.48. The summed E-state index contributed by atoms with van der Waals surface area (Å²) >= 11 is 0. The van der Waals surface area contributed by atoms with Crippen molar-refractivity contribution in [3.8, 4) is 0 Å². The molecule has 1 unspecified atom stereocenters. The molecule has 1 atom stereocenters. The van der Waals surface area contributed by atoms with Crippen LogP contribution in [0.15, 0.2) is 23.9 Å². The summed E-state index contributed by atoms with van der Waals surface area (Å²) in [5, 5.41) is 10.3. The molecule has 0 radical (unpaired) electrons. The van der Waals surface area contributed by atoms with Crippen LogP contribution < -0.4 is 0 Å². The van der Waals surface area contributed by atoms with E-state index < -0.39 is 22.5 Å². The average molecular weight is 169 g/mol. The predicted octanol–water partition coefficient (Wildman–Crippen LogP) is 0.301. The van der Waals surface area contributed by atoms with Crippen LogP contribution in [0.25, 0.3) is 0 Å². The number of ether oxygens (including phenoxy) is 1. The predicted molar refractivity (Wildman–Crippen MR) is 40.0 cm³/mol. The molecule has 0 aliphatic heterocycles. The Morgan fingerprint density at radius 1 is 1.67 bits per heavy atom. The number of methoxy groups -OCH3 is 1. The summed E-state index contributed by atoms with van der Waals surface area (Å²) in [5.74, 6) is -0.590. The van der Waals surface area contributed by atoms with Crippen molar-refractivity contribution < 1.29 is 14.5 Å². The Bertz CT molecular complexity index is 279. The Hall–Kier alpha value is -1.49. The van der Waals surface area contributed by atoms with Crippen LogP contribution in [0.5, 0.6) is 0 Å². The second-order valence-electron chi connectivity index (χ2n) is 2.23. The summed E-state index contributed by atoms with van der Waals surface area (Å²) in [6.07, 6.45) is 3.33. The zero-order valence-electron chi connectivity index (χ0n) is 6.39. The lowest BCUT2D eigenvalue weighted by Crippen LogP contribution is -2.18. The van der Waals surface area contributed by atoms with Crippen molar-refractivity contribution >= 4 is 5.78 Å². The molecular weight excluding hydrogens is 162 g/mol. The van der Waals surface area contributed by atoms with E-state index in [1.54, 1.807) is 0 Å². The van der Waals surface area contributed by atoms with Crippen molar-refractivity contribution in [2.45, 2.75) is 6.10 Å². The first kappa shape index (κ1) is 8.61. The van der Waals surface area contributed by atoms with E-state index in [2.05, 4.69) is 0 Å².